The average Bonchev–Trinajstić information content (AvgIpc) is 2.68. The molecule has 1 aromatic carbocycles. The van der Waals surface area contributed by atoms with E-state index in [-0.39, 0.29) is 22.0 Å². The van der Waals surface area contributed by atoms with Crippen LogP contribution in [0.15, 0.2) is 33.8 Å². The molecule has 2 fully saturated rings. The van der Waals surface area contributed by atoms with Crippen LogP contribution >= 0.6 is 27.5 Å². The van der Waals surface area contributed by atoms with Crippen LogP contribution in [-0.4, -0.2) is 34.1 Å². The highest BCUT2D eigenvalue weighted by atomic mass is 79.9. The third-order valence-electron chi connectivity index (χ3n) is 5.94. The summed E-state index contributed by atoms with van der Waals surface area (Å²) in [5.74, 6) is -0.122. The van der Waals surface area contributed by atoms with Gasteiger partial charge in [-0.15, -0.1) is 0 Å². The molecule has 4 rings (SSSR count). The van der Waals surface area contributed by atoms with Gasteiger partial charge in [-0.25, -0.2) is 9.37 Å². The highest BCUT2D eigenvalue weighted by Crippen LogP contribution is 2.42. The number of aryl methyl sites for hydroxylation is 1. The zero-order valence-corrected chi connectivity index (χ0v) is 18.3. The summed E-state index contributed by atoms with van der Waals surface area (Å²) in [5.41, 5.74) is 0.00522. The lowest BCUT2D eigenvalue weighted by atomic mass is 9.78. The fraction of sp³-hybridized carbons (Fsp3) is 0.450. The molecule has 3 heterocycles. The zero-order chi connectivity index (χ0) is 20.8. The van der Waals surface area contributed by atoms with Crippen LogP contribution < -0.4 is 15.4 Å². The van der Waals surface area contributed by atoms with Crippen LogP contribution in [0.25, 0.3) is 0 Å². The Morgan fingerprint density at radius 2 is 1.93 bits per heavy atom. The molecule has 154 valence electrons. The Balaban J connectivity index is 1.63. The molecule has 0 N–H and O–H groups in total. The lowest BCUT2D eigenvalue weighted by molar-refractivity contribution is -0.121. The standard InChI is InChI=1S/C20H21BrClFN4O2/c1-25-12-16(21)24-18(19(25)29)26-9-7-20(8-10-26)6-2-3-17(28)27(20)13-4-5-14(22)15(23)11-13/h4-5,11-12H,2-3,6-10H2,1H3. The van der Waals surface area contributed by atoms with Gasteiger partial charge in [0.15, 0.2) is 5.82 Å². The number of benzene rings is 1. The van der Waals surface area contributed by atoms with Crippen LogP contribution in [-0.2, 0) is 11.8 Å². The molecule has 0 saturated carbocycles. The Bertz CT molecular complexity index is 1020. The van der Waals surface area contributed by atoms with E-state index in [9.17, 15) is 14.0 Å². The van der Waals surface area contributed by atoms with Gasteiger partial charge < -0.3 is 14.4 Å². The first-order chi connectivity index (χ1) is 13.8. The van der Waals surface area contributed by atoms with E-state index in [1.807, 2.05) is 4.90 Å². The Hall–Kier alpha value is -1.93. The van der Waals surface area contributed by atoms with Gasteiger partial charge in [-0.2, -0.15) is 0 Å². The van der Waals surface area contributed by atoms with Crippen molar-refractivity contribution in [2.45, 2.75) is 37.6 Å². The second-order valence-corrected chi connectivity index (χ2v) is 8.92. The van der Waals surface area contributed by atoms with Crippen molar-refractivity contribution in [3.63, 3.8) is 0 Å². The molecule has 2 aliphatic heterocycles. The first-order valence-corrected chi connectivity index (χ1v) is 10.7. The molecule has 0 aliphatic carbocycles. The van der Waals surface area contributed by atoms with Crippen molar-refractivity contribution in [2.75, 3.05) is 22.9 Å². The summed E-state index contributed by atoms with van der Waals surface area (Å²) in [6, 6.07) is 4.53. The zero-order valence-electron chi connectivity index (χ0n) is 16.0. The van der Waals surface area contributed by atoms with Crippen LogP contribution in [0.4, 0.5) is 15.9 Å². The number of carbonyl (C=O) groups is 1. The van der Waals surface area contributed by atoms with E-state index in [4.69, 9.17) is 11.6 Å². The summed E-state index contributed by atoms with van der Waals surface area (Å²) in [6.45, 7) is 1.19. The van der Waals surface area contributed by atoms with E-state index in [1.54, 1.807) is 24.2 Å². The van der Waals surface area contributed by atoms with Crippen molar-refractivity contribution in [1.82, 2.24) is 9.55 Å². The molecule has 2 saturated heterocycles. The summed E-state index contributed by atoms with van der Waals surface area (Å²) in [7, 11) is 1.69. The normalized spacial score (nSPS) is 19.1. The van der Waals surface area contributed by atoms with E-state index in [0.717, 1.165) is 12.8 Å². The Labute approximate surface area is 181 Å². The van der Waals surface area contributed by atoms with Gasteiger partial charge in [-0.05, 0) is 59.8 Å². The van der Waals surface area contributed by atoms with Gasteiger partial charge in [0.1, 0.15) is 10.4 Å². The molecule has 0 atom stereocenters. The number of hydrogen-bond donors (Lipinski definition) is 0. The lowest BCUT2D eigenvalue weighted by Crippen LogP contribution is -2.60. The van der Waals surface area contributed by atoms with Crippen molar-refractivity contribution in [2.24, 2.45) is 7.05 Å². The minimum absolute atomic E-state index is 0.00270. The van der Waals surface area contributed by atoms with E-state index in [1.165, 1.54) is 16.7 Å². The molecule has 0 bridgehead atoms. The predicted octanol–water partition coefficient (Wildman–Crippen LogP) is 3.89. The number of halogens is 3. The molecule has 29 heavy (non-hydrogen) atoms. The second kappa shape index (κ2) is 7.72. The maximum absolute atomic E-state index is 14.1. The van der Waals surface area contributed by atoms with Crippen LogP contribution in [0.5, 0.6) is 0 Å². The molecule has 0 unspecified atom stereocenters. The molecule has 9 heteroatoms. The average molecular weight is 484 g/mol. The summed E-state index contributed by atoms with van der Waals surface area (Å²) < 4.78 is 16.2. The van der Waals surface area contributed by atoms with E-state index in [0.29, 0.717) is 48.5 Å². The monoisotopic (exact) mass is 482 g/mol. The third kappa shape index (κ3) is 3.68. The van der Waals surface area contributed by atoms with Crippen molar-refractivity contribution in [1.29, 1.82) is 0 Å². The minimum atomic E-state index is -0.531. The van der Waals surface area contributed by atoms with Gasteiger partial charge in [-0.3, -0.25) is 9.59 Å². The number of nitrogens with zero attached hydrogens (tertiary/aromatic N) is 4. The topological polar surface area (TPSA) is 58.4 Å². The Morgan fingerprint density at radius 3 is 2.62 bits per heavy atom. The largest absolute Gasteiger partial charge is 0.352 e. The highest BCUT2D eigenvalue weighted by Gasteiger charge is 2.45. The summed E-state index contributed by atoms with van der Waals surface area (Å²) in [6.07, 6.45) is 5.10. The van der Waals surface area contributed by atoms with Crippen LogP contribution in [0.3, 0.4) is 0 Å². The van der Waals surface area contributed by atoms with Gasteiger partial charge in [0.05, 0.1) is 10.6 Å². The summed E-state index contributed by atoms with van der Waals surface area (Å²) in [5, 5.41) is 0.0404. The van der Waals surface area contributed by atoms with Crippen LogP contribution in [0.1, 0.15) is 32.1 Å². The lowest BCUT2D eigenvalue weighted by Gasteiger charge is -2.51. The number of amides is 1. The Morgan fingerprint density at radius 1 is 1.21 bits per heavy atom. The molecular weight excluding hydrogens is 463 g/mol. The first-order valence-electron chi connectivity index (χ1n) is 9.57. The van der Waals surface area contributed by atoms with E-state index < -0.39 is 5.82 Å². The maximum atomic E-state index is 14.1. The molecule has 1 amide bonds. The van der Waals surface area contributed by atoms with E-state index in [2.05, 4.69) is 20.9 Å². The van der Waals surface area contributed by atoms with Gasteiger partial charge in [0.2, 0.25) is 5.91 Å². The fourth-order valence-electron chi connectivity index (χ4n) is 4.47. The van der Waals surface area contributed by atoms with Crippen molar-refractivity contribution >= 4 is 44.9 Å². The van der Waals surface area contributed by atoms with Gasteiger partial charge >= 0.3 is 0 Å². The maximum Gasteiger partial charge on any atom is 0.293 e. The highest BCUT2D eigenvalue weighted by molar-refractivity contribution is 9.10. The van der Waals surface area contributed by atoms with Gasteiger partial charge in [-0.1, -0.05) is 11.6 Å². The fourth-order valence-corrected chi connectivity index (χ4v) is 5.06. The molecule has 1 aromatic heterocycles. The quantitative estimate of drug-likeness (QED) is 0.650. The van der Waals surface area contributed by atoms with Gasteiger partial charge in [0.25, 0.3) is 5.56 Å². The first kappa shape index (κ1) is 20.3. The van der Waals surface area contributed by atoms with Crippen LogP contribution in [0, 0.1) is 5.82 Å². The summed E-state index contributed by atoms with van der Waals surface area (Å²) in [4.78, 5) is 33.5. The third-order valence-corrected chi connectivity index (χ3v) is 6.62. The molecular formula is C20H21BrClFN4O2. The Kier molecular flexibility index (Phi) is 5.42. The van der Waals surface area contributed by atoms with Gasteiger partial charge in [0, 0.05) is 38.4 Å². The molecule has 1 spiro atoms. The number of carbonyl (C=O) groups excluding carboxylic acids is 1. The molecule has 2 aromatic rings. The summed E-state index contributed by atoms with van der Waals surface area (Å²) >= 11 is 9.18. The molecule has 6 nitrogen and oxygen atoms in total. The van der Waals surface area contributed by atoms with Crippen molar-refractivity contribution in [3.8, 4) is 0 Å². The van der Waals surface area contributed by atoms with E-state index >= 15 is 0 Å². The SMILES string of the molecule is Cn1cc(Br)nc(N2CCC3(CCCC(=O)N3c3ccc(Cl)c(F)c3)CC2)c1=O. The second-order valence-electron chi connectivity index (χ2n) is 7.70. The predicted molar refractivity (Wildman–Crippen MR) is 114 cm³/mol. The number of anilines is 2. The van der Waals surface area contributed by atoms with Crippen molar-refractivity contribution in [3.05, 3.63) is 50.2 Å². The number of rotatable bonds is 2. The smallest absolute Gasteiger partial charge is 0.293 e. The molecule has 2 aliphatic rings. The molecule has 0 radical (unpaired) electrons. The number of aromatic nitrogens is 2. The number of hydrogen-bond acceptors (Lipinski definition) is 4. The number of piperidine rings is 2. The van der Waals surface area contributed by atoms with Crippen molar-refractivity contribution < 1.29 is 9.18 Å². The minimum Gasteiger partial charge on any atom is -0.352 e. The van der Waals surface area contributed by atoms with Crippen LogP contribution in [0.2, 0.25) is 5.02 Å².